The molecule has 0 bridgehead atoms. The van der Waals surface area contributed by atoms with Gasteiger partial charge in [-0.25, -0.2) is 18.4 Å². The van der Waals surface area contributed by atoms with Crippen molar-refractivity contribution in [3.8, 4) is 28.8 Å². The largest absolute Gasteiger partial charge is 0.487 e. The summed E-state index contributed by atoms with van der Waals surface area (Å²) in [4.78, 5) is 28.6. The Balaban J connectivity index is 1.39. The molecule has 240 valence electrons. The minimum absolute atomic E-state index is 0.00723. The number of nitrogens with two attached hydrogens (primary N) is 1. The molecule has 0 aliphatic carbocycles. The van der Waals surface area contributed by atoms with Crippen LogP contribution in [0.5, 0.6) is 17.6 Å². The molecule has 2 aromatic heterocycles. The van der Waals surface area contributed by atoms with E-state index in [1.807, 2.05) is 14.0 Å². The van der Waals surface area contributed by atoms with Crippen molar-refractivity contribution in [2.75, 3.05) is 46.1 Å². The van der Waals surface area contributed by atoms with E-state index in [2.05, 4.69) is 25.0 Å². The fraction of sp³-hybridized carbons (Fsp3) is 0.419. The zero-order valence-corrected chi connectivity index (χ0v) is 26.8. The van der Waals surface area contributed by atoms with Crippen LogP contribution in [0.3, 0.4) is 0 Å². The molecule has 46 heavy (non-hydrogen) atoms. The van der Waals surface area contributed by atoms with Gasteiger partial charge in [0.2, 0.25) is 11.6 Å². The predicted octanol–water partition coefficient (Wildman–Crippen LogP) is 5.85. The molecule has 11 nitrogen and oxygen atoms in total. The smallest absolute Gasteiger partial charge is 0.320 e. The monoisotopic (exact) mass is 669 g/mol. The second kappa shape index (κ2) is 11.6. The third-order valence-corrected chi connectivity index (χ3v) is 10.5. The summed E-state index contributed by atoms with van der Waals surface area (Å²) >= 11 is 7.87. The van der Waals surface area contributed by atoms with Gasteiger partial charge < -0.3 is 30.2 Å². The Morgan fingerprint density at radius 3 is 2.78 bits per heavy atom. The number of hydrogen-bond donors (Lipinski definition) is 2. The summed E-state index contributed by atoms with van der Waals surface area (Å²) in [7, 11) is 3.59. The van der Waals surface area contributed by atoms with Crippen LogP contribution in [0.25, 0.3) is 37.0 Å². The van der Waals surface area contributed by atoms with Crippen LogP contribution in [0.4, 0.5) is 24.3 Å². The topological polar surface area (TPSA) is 119 Å². The molecule has 5 heterocycles. The second-order valence-corrected chi connectivity index (χ2v) is 13.2. The Morgan fingerprint density at radius 1 is 1.30 bits per heavy atom. The highest BCUT2D eigenvalue weighted by Gasteiger charge is 2.41. The average Bonchev–Trinajstić information content (AvgIpc) is 3.53. The van der Waals surface area contributed by atoms with Crippen LogP contribution in [0, 0.1) is 24.1 Å². The lowest BCUT2D eigenvalue weighted by molar-refractivity contribution is 0.00874. The highest BCUT2D eigenvalue weighted by atomic mass is 35.5. The molecular weight excluding hydrogens is 640 g/mol. The lowest BCUT2D eigenvalue weighted by Gasteiger charge is -2.41. The van der Waals surface area contributed by atoms with Crippen LogP contribution in [0.2, 0.25) is 5.02 Å². The number of benzene rings is 2. The maximum atomic E-state index is 16.9. The molecule has 2 amide bonds. The van der Waals surface area contributed by atoms with Gasteiger partial charge in [-0.15, -0.1) is 11.3 Å². The van der Waals surface area contributed by atoms with Gasteiger partial charge in [-0.2, -0.15) is 9.97 Å². The summed E-state index contributed by atoms with van der Waals surface area (Å²) < 4.78 is 50.8. The number of hydrogen-bond acceptors (Lipinski definition) is 9. The van der Waals surface area contributed by atoms with Crippen molar-refractivity contribution in [2.45, 2.75) is 38.0 Å². The van der Waals surface area contributed by atoms with E-state index in [1.54, 1.807) is 11.9 Å². The van der Waals surface area contributed by atoms with E-state index >= 15 is 4.39 Å². The van der Waals surface area contributed by atoms with E-state index in [1.165, 1.54) is 12.1 Å². The number of fused-ring (bicyclic) bond motifs is 1. The number of urea groups is 1. The number of carbonyl (C=O) groups excluding carboxylic acids is 1. The zero-order chi connectivity index (χ0) is 32.4. The fourth-order valence-electron chi connectivity index (χ4n) is 6.65. The first-order valence-corrected chi connectivity index (χ1v) is 16.0. The van der Waals surface area contributed by atoms with Gasteiger partial charge in [0.05, 0.1) is 21.3 Å². The quantitative estimate of drug-likeness (QED) is 0.254. The van der Waals surface area contributed by atoms with Crippen LogP contribution in [0.1, 0.15) is 19.8 Å². The van der Waals surface area contributed by atoms with Crippen molar-refractivity contribution in [3.63, 3.8) is 0 Å². The van der Waals surface area contributed by atoms with Crippen LogP contribution >= 0.6 is 22.9 Å². The summed E-state index contributed by atoms with van der Waals surface area (Å²) in [5.41, 5.74) is 5.98. The number of carbonyl (C=O) groups is 1. The first kappa shape index (κ1) is 30.5. The predicted molar refractivity (Wildman–Crippen MR) is 171 cm³/mol. The molecule has 1 unspecified atom stereocenters. The Morgan fingerprint density at radius 2 is 2.09 bits per heavy atom. The molecule has 4 aromatic rings. The number of nitrogen functional groups attached to an aromatic ring is 1. The van der Waals surface area contributed by atoms with Crippen LogP contribution in [-0.2, 0) is 0 Å². The minimum Gasteiger partial charge on any atom is -0.487 e. The molecule has 3 N–H and O–H groups in total. The number of nitrogens with zero attached hydrogens (tertiary/aromatic N) is 5. The molecule has 0 saturated carbocycles. The van der Waals surface area contributed by atoms with E-state index < -0.39 is 17.7 Å². The normalized spacial score (nSPS) is 20.5. The van der Waals surface area contributed by atoms with Gasteiger partial charge in [-0.05, 0) is 45.0 Å². The Hall–Kier alpha value is -4.19. The summed E-state index contributed by atoms with van der Waals surface area (Å²) in [6, 6.07) is 2.39. The molecule has 2 saturated heterocycles. The second-order valence-electron chi connectivity index (χ2n) is 11.8. The third kappa shape index (κ3) is 4.80. The zero-order valence-electron chi connectivity index (χ0n) is 25.2. The number of amides is 2. The fourth-order valence-corrected chi connectivity index (χ4v) is 7.92. The molecule has 3 atom stereocenters. The van der Waals surface area contributed by atoms with Crippen LogP contribution < -0.4 is 25.3 Å². The maximum Gasteiger partial charge on any atom is 0.320 e. The number of aromatic nitrogens is 2. The number of thiophene rings is 1. The van der Waals surface area contributed by atoms with E-state index in [4.69, 9.17) is 38.1 Å². The first-order chi connectivity index (χ1) is 22.1. The number of nitrogens with one attached hydrogen (secondary N) is 1. The SMILES string of the molecule is [C-]#[N+]c1c(N)sc2c(F)ccc(-c3c(Cl)c4c5c(nc(O[C@@H](C)[C@@H]6CCCN6C)nc5c3F)OC(C3CN(C(=O)NC)C3)CO4)c12. The summed E-state index contributed by atoms with van der Waals surface area (Å²) in [6.07, 6.45) is 1.09. The van der Waals surface area contributed by atoms with E-state index in [9.17, 15) is 9.18 Å². The van der Waals surface area contributed by atoms with Crippen LogP contribution in [-0.4, -0.2) is 84.4 Å². The van der Waals surface area contributed by atoms with Crippen molar-refractivity contribution in [2.24, 2.45) is 5.92 Å². The number of halogens is 3. The van der Waals surface area contributed by atoms with Crippen molar-refractivity contribution in [1.82, 2.24) is 25.1 Å². The average molecular weight is 670 g/mol. The molecule has 0 spiro atoms. The molecule has 0 radical (unpaired) electrons. The maximum absolute atomic E-state index is 16.9. The van der Waals surface area contributed by atoms with Gasteiger partial charge in [0, 0.05) is 43.0 Å². The van der Waals surface area contributed by atoms with Gasteiger partial charge in [0.25, 0.3) is 0 Å². The number of likely N-dealkylation sites (N-methyl/N-ethyl adjacent to an activating group) is 1. The van der Waals surface area contributed by atoms with E-state index in [-0.39, 0.29) is 96.2 Å². The van der Waals surface area contributed by atoms with Gasteiger partial charge in [-0.1, -0.05) is 17.7 Å². The number of anilines is 1. The highest BCUT2D eigenvalue weighted by Crippen LogP contribution is 2.52. The highest BCUT2D eigenvalue weighted by molar-refractivity contribution is 7.23. The number of likely N-dealkylation sites (tertiary alicyclic amines) is 2. The van der Waals surface area contributed by atoms with E-state index in [0.29, 0.717) is 13.1 Å². The van der Waals surface area contributed by atoms with Gasteiger partial charge in [0.1, 0.15) is 35.5 Å². The molecule has 2 aromatic carbocycles. The summed E-state index contributed by atoms with van der Waals surface area (Å²) in [5.74, 6) is -1.39. The Labute approximate surface area is 272 Å². The molecule has 3 aliphatic heterocycles. The van der Waals surface area contributed by atoms with Crippen molar-refractivity contribution in [1.29, 1.82) is 0 Å². The van der Waals surface area contributed by atoms with Crippen molar-refractivity contribution < 1.29 is 27.8 Å². The molecule has 15 heteroatoms. The molecule has 3 aliphatic rings. The lowest BCUT2D eigenvalue weighted by atomic mass is 9.94. The molecule has 2 fully saturated rings. The molecular formula is C31H30ClF2N7O4S. The minimum atomic E-state index is -0.836. The summed E-state index contributed by atoms with van der Waals surface area (Å²) in [5, 5.41) is 2.89. The van der Waals surface area contributed by atoms with Gasteiger partial charge in [0.15, 0.2) is 11.6 Å². The number of ether oxygens (including phenoxy) is 3. The third-order valence-electron chi connectivity index (χ3n) is 9.10. The number of rotatable bonds is 5. The molecule has 7 rings (SSSR count). The Bertz CT molecular complexity index is 1950. The van der Waals surface area contributed by atoms with E-state index in [0.717, 1.165) is 30.7 Å². The van der Waals surface area contributed by atoms with Crippen LogP contribution in [0.15, 0.2) is 12.1 Å². The first-order valence-electron chi connectivity index (χ1n) is 14.8. The van der Waals surface area contributed by atoms with Crippen molar-refractivity contribution in [3.05, 3.63) is 40.2 Å². The van der Waals surface area contributed by atoms with Gasteiger partial charge in [-0.3, -0.25) is 4.90 Å². The lowest BCUT2D eigenvalue weighted by Crippen LogP contribution is -2.58. The summed E-state index contributed by atoms with van der Waals surface area (Å²) in [6.45, 7) is 11.4. The standard InChI is InChI=1S/C31H30ClF2N7O4S/c1-13(17-6-5-9-40(17)4)44-30-38-24-21-26(43-12-18(45-29(21)39-30)14-10-41(11-14)31(42)37-3)22(32)19(23(24)34)15-7-8-16(33)27-20(15)25(36-2)28(35)46-27/h7-8,13-14,17-18H,5-6,9-12,35H2,1,3-4H3,(H,37,42)/t13-,17-,18?/m0/s1. The van der Waals surface area contributed by atoms with Crippen molar-refractivity contribution >= 4 is 60.6 Å². The Kier molecular flexibility index (Phi) is 7.65. The van der Waals surface area contributed by atoms with Gasteiger partial charge >= 0.3 is 12.0 Å².